The van der Waals surface area contributed by atoms with Gasteiger partial charge in [-0.25, -0.2) is 9.37 Å². The van der Waals surface area contributed by atoms with E-state index >= 15 is 0 Å². The third-order valence-corrected chi connectivity index (χ3v) is 2.19. The van der Waals surface area contributed by atoms with E-state index in [2.05, 4.69) is 15.0 Å². The molecule has 1 unspecified atom stereocenters. The Bertz CT molecular complexity index is 411. The third-order valence-electron chi connectivity index (χ3n) is 1.86. The maximum absolute atomic E-state index is 12.5. The van der Waals surface area contributed by atoms with E-state index in [1.807, 2.05) is 0 Å². The van der Waals surface area contributed by atoms with E-state index in [9.17, 15) is 14.0 Å². The average molecular weight is 261 g/mol. The molecule has 1 atom stereocenters. The lowest BCUT2D eigenvalue weighted by molar-refractivity contribution is -0.140. The SMILES string of the molecule is COC(=O)C(Cl)CNC(=O)c1ccc(F)cn1. The number of hydrogen-bond donors (Lipinski definition) is 1. The largest absolute Gasteiger partial charge is 0.468 e. The van der Waals surface area contributed by atoms with E-state index in [-0.39, 0.29) is 12.2 Å². The number of hydrogen-bond acceptors (Lipinski definition) is 4. The predicted molar refractivity (Wildman–Crippen MR) is 58.2 cm³/mol. The van der Waals surface area contributed by atoms with Crippen LogP contribution in [-0.2, 0) is 9.53 Å². The van der Waals surface area contributed by atoms with Gasteiger partial charge in [-0.1, -0.05) is 0 Å². The van der Waals surface area contributed by atoms with Gasteiger partial charge in [-0.2, -0.15) is 0 Å². The highest BCUT2D eigenvalue weighted by atomic mass is 35.5. The van der Waals surface area contributed by atoms with E-state index < -0.39 is 23.1 Å². The number of nitrogens with one attached hydrogen (secondary N) is 1. The summed E-state index contributed by atoms with van der Waals surface area (Å²) in [4.78, 5) is 26.0. The molecule has 0 saturated heterocycles. The van der Waals surface area contributed by atoms with Crippen LogP contribution in [0.1, 0.15) is 10.5 Å². The molecule has 17 heavy (non-hydrogen) atoms. The second-order valence-corrected chi connectivity index (χ2v) is 3.59. The van der Waals surface area contributed by atoms with Gasteiger partial charge in [-0.05, 0) is 12.1 Å². The predicted octanol–water partition coefficient (Wildman–Crippen LogP) is 0.731. The number of alkyl halides is 1. The standard InChI is InChI=1S/C10H10ClFN2O3/c1-17-10(16)7(11)5-14-9(15)8-3-2-6(12)4-13-8/h2-4,7H,5H2,1H3,(H,14,15). The van der Waals surface area contributed by atoms with Gasteiger partial charge in [0.25, 0.3) is 5.91 Å². The van der Waals surface area contributed by atoms with Gasteiger partial charge in [0.2, 0.25) is 0 Å². The van der Waals surface area contributed by atoms with Gasteiger partial charge in [0.1, 0.15) is 16.9 Å². The first-order chi connectivity index (χ1) is 8.04. The third kappa shape index (κ3) is 3.99. The monoisotopic (exact) mass is 260 g/mol. The van der Waals surface area contributed by atoms with Crippen LogP contribution in [0.2, 0.25) is 0 Å². The van der Waals surface area contributed by atoms with Crippen molar-refractivity contribution in [2.24, 2.45) is 0 Å². The average Bonchev–Trinajstić information content (AvgIpc) is 2.35. The van der Waals surface area contributed by atoms with E-state index in [0.29, 0.717) is 0 Å². The highest BCUT2D eigenvalue weighted by molar-refractivity contribution is 6.30. The molecule has 0 saturated carbocycles. The summed E-state index contributed by atoms with van der Waals surface area (Å²) < 4.78 is 16.9. The summed E-state index contributed by atoms with van der Waals surface area (Å²) in [5, 5.41) is 1.41. The summed E-state index contributed by atoms with van der Waals surface area (Å²) in [5.74, 6) is -1.72. The molecule has 1 rings (SSSR count). The first-order valence-electron chi connectivity index (χ1n) is 4.66. The molecule has 0 spiro atoms. The number of methoxy groups -OCH3 is 1. The molecule has 1 N–H and O–H groups in total. The van der Waals surface area contributed by atoms with Crippen molar-refractivity contribution in [3.8, 4) is 0 Å². The Kier molecular flexibility index (Phi) is 4.84. The summed E-state index contributed by atoms with van der Waals surface area (Å²) in [5.41, 5.74) is 0.0418. The molecule has 0 aliphatic carbocycles. The molecule has 0 radical (unpaired) electrons. The fraction of sp³-hybridized carbons (Fsp3) is 0.300. The minimum absolute atomic E-state index is 0.0418. The minimum Gasteiger partial charge on any atom is -0.468 e. The zero-order valence-electron chi connectivity index (χ0n) is 8.94. The summed E-state index contributed by atoms with van der Waals surface area (Å²) in [6, 6.07) is 2.34. The number of pyridine rings is 1. The molecule has 5 nitrogen and oxygen atoms in total. The maximum Gasteiger partial charge on any atom is 0.325 e. The van der Waals surface area contributed by atoms with Crippen molar-refractivity contribution >= 4 is 23.5 Å². The van der Waals surface area contributed by atoms with E-state index in [1.165, 1.54) is 13.2 Å². The van der Waals surface area contributed by atoms with Crippen LogP contribution in [0.25, 0.3) is 0 Å². The number of rotatable bonds is 4. The highest BCUT2D eigenvalue weighted by Gasteiger charge is 2.17. The topological polar surface area (TPSA) is 68.3 Å². The number of amides is 1. The normalized spacial score (nSPS) is 11.7. The van der Waals surface area contributed by atoms with Gasteiger partial charge in [0.15, 0.2) is 0 Å². The van der Waals surface area contributed by atoms with Crippen molar-refractivity contribution in [1.82, 2.24) is 10.3 Å². The zero-order chi connectivity index (χ0) is 12.8. The quantitative estimate of drug-likeness (QED) is 0.640. The van der Waals surface area contributed by atoms with Gasteiger partial charge in [-0.3, -0.25) is 9.59 Å². The van der Waals surface area contributed by atoms with Crippen molar-refractivity contribution in [1.29, 1.82) is 0 Å². The van der Waals surface area contributed by atoms with Crippen LogP contribution in [0.5, 0.6) is 0 Å². The van der Waals surface area contributed by atoms with Crippen molar-refractivity contribution in [3.63, 3.8) is 0 Å². The number of aromatic nitrogens is 1. The molecule has 0 bridgehead atoms. The van der Waals surface area contributed by atoms with E-state index in [1.54, 1.807) is 0 Å². The fourth-order valence-corrected chi connectivity index (χ4v) is 1.16. The molecule has 1 amide bonds. The van der Waals surface area contributed by atoms with Gasteiger partial charge in [0, 0.05) is 6.54 Å². The van der Waals surface area contributed by atoms with Crippen LogP contribution in [0.4, 0.5) is 4.39 Å². The lowest BCUT2D eigenvalue weighted by Gasteiger charge is -2.08. The summed E-state index contributed by atoms with van der Waals surface area (Å²) in [6.45, 7) is -0.0912. The molecule has 1 aromatic rings. The van der Waals surface area contributed by atoms with Gasteiger partial charge in [-0.15, -0.1) is 11.6 Å². The molecule has 7 heteroatoms. The summed E-state index contributed by atoms with van der Waals surface area (Å²) >= 11 is 5.62. The van der Waals surface area contributed by atoms with Crippen molar-refractivity contribution in [3.05, 3.63) is 29.8 Å². The van der Waals surface area contributed by atoms with Crippen molar-refractivity contribution in [2.75, 3.05) is 13.7 Å². The smallest absolute Gasteiger partial charge is 0.325 e. The number of carbonyl (C=O) groups is 2. The highest BCUT2D eigenvalue weighted by Crippen LogP contribution is 2.00. The van der Waals surface area contributed by atoms with Crippen LogP contribution in [0.3, 0.4) is 0 Å². The number of ether oxygens (including phenoxy) is 1. The van der Waals surface area contributed by atoms with E-state index in [0.717, 1.165) is 12.3 Å². The Morgan fingerprint density at radius 3 is 2.82 bits per heavy atom. The second kappa shape index (κ2) is 6.15. The number of esters is 1. The number of nitrogens with zero attached hydrogens (tertiary/aromatic N) is 1. The Morgan fingerprint density at radius 1 is 1.59 bits per heavy atom. The molecule has 0 aliphatic heterocycles. The summed E-state index contributed by atoms with van der Waals surface area (Å²) in [7, 11) is 1.20. The summed E-state index contributed by atoms with van der Waals surface area (Å²) in [6.07, 6.45) is 0.924. The zero-order valence-corrected chi connectivity index (χ0v) is 9.70. The first-order valence-corrected chi connectivity index (χ1v) is 5.10. The second-order valence-electron chi connectivity index (χ2n) is 3.06. The minimum atomic E-state index is -0.968. The molecular weight excluding hydrogens is 251 g/mol. The molecule has 1 aromatic heterocycles. The Balaban J connectivity index is 2.50. The van der Waals surface area contributed by atoms with Gasteiger partial charge >= 0.3 is 5.97 Å². The molecular formula is C10H10ClFN2O3. The maximum atomic E-state index is 12.5. The lowest BCUT2D eigenvalue weighted by atomic mass is 10.3. The van der Waals surface area contributed by atoms with E-state index in [4.69, 9.17) is 11.6 Å². The van der Waals surface area contributed by atoms with Gasteiger partial charge < -0.3 is 10.1 Å². The molecule has 0 aliphatic rings. The number of halogens is 2. The Morgan fingerprint density at radius 2 is 2.29 bits per heavy atom. The molecule has 0 fully saturated rings. The Labute approximate surface area is 102 Å². The van der Waals surface area contributed by atoms with Crippen LogP contribution >= 0.6 is 11.6 Å². The van der Waals surface area contributed by atoms with Crippen LogP contribution < -0.4 is 5.32 Å². The van der Waals surface area contributed by atoms with Crippen LogP contribution in [-0.4, -0.2) is 35.9 Å². The van der Waals surface area contributed by atoms with Crippen molar-refractivity contribution < 1.29 is 18.7 Å². The fourth-order valence-electron chi connectivity index (χ4n) is 0.994. The van der Waals surface area contributed by atoms with Crippen molar-refractivity contribution in [2.45, 2.75) is 5.38 Å². The van der Waals surface area contributed by atoms with Crippen LogP contribution in [0.15, 0.2) is 18.3 Å². The molecule has 0 aromatic carbocycles. The Hall–Kier alpha value is -1.69. The molecule has 92 valence electrons. The van der Waals surface area contributed by atoms with Crippen LogP contribution in [0, 0.1) is 5.82 Å². The van der Waals surface area contributed by atoms with Gasteiger partial charge in [0.05, 0.1) is 13.3 Å². The molecule has 1 heterocycles. The lowest BCUT2D eigenvalue weighted by Crippen LogP contribution is -2.34. The first kappa shape index (κ1) is 13.4. The number of carbonyl (C=O) groups excluding carboxylic acids is 2.